The second-order valence-corrected chi connectivity index (χ2v) is 4.70. The highest BCUT2D eigenvalue weighted by Gasteiger charge is 2.29. The molecule has 2 atom stereocenters. The van der Waals surface area contributed by atoms with Gasteiger partial charge in [-0.15, -0.1) is 0 Å². The Balaban J connectivity index is 2.07. The monoisotopic (exact) mass is 224 g/mol. The Morgan fingerprint density at radius 2 is 2.19 bits per heavy atom. The molecule has 1 aromatic rings. The molecule has 0 saturated carbocycles. The van der Waals surface area contributed by atoms with Gasteiger partial charge >= 0.3 is 0 Å². The van der Waals surface area contributed by atoms with Crippen molar-refractivity contribution in [1.29, 1.82) is 0 Å². The normalized spacial score (nSPS) is 25.9. The lowest BCUT2D eigenvalue weighted by Crippen LogP contribution is -2.51. The minimum Gasteiger partial charge on any atom is -0.338 e. The summed E-state index contributed by atoms with van der Waals surface area (Å²) < 4.78 is 5.24. The SMILES string of the molecule is Cc1noc(C(C)N2CCN(C)CC2C)n1. The van der Waals surface area contributed by atoms with Gasteiger partial charge in [-0.1, -0.05) is 5.16 Å². The van der Waals surface area contributed by atoms with Crippen LogP contribution in [0.4, 0.5) is 0 Å². The van der Waals surface area contributed by atoms with Crippen LogP contribution in [0.25, 0.3) is 0 Å². The molecule has 0 radical (unpaired) electrons. The molecule has 0 bridgehead atoms. The molecule has 1 saturated heterocycles. The van der Waals surface area contributed by atoms with E-state index < -0.39 is 0 Å². The molecule has 5 heteroatoms. The highest BCUT2D eigenvalue weighted by atomic mass is 16.5. The van der Waals surface area contributed by atoms with Gasteiger partial charge in [-0.3, -0.25) is 4.90 Å². The molecule has 0 aromatic carbocycles. The summed E-state index contributed by atoms with van der Waals surface area (Å²) in [5.41, 5.74) is 0. The third-order valence-electron chi connectivity index (χ3n) is 3.28. The van der Waals surface area contributed by atoms with Crippen LogP contribution in [-0.4, -0.2) is 52.7 Å². The smallest absolute Gasteiger partial charge is 0.243 e. The summed E-state index contributed by atoms with van der Waals surface area (Å²) in [6.07, 6.45) is 0. The lowest BCUT2D eigenvalue weighted by atomic mass is 10.1. The Kier molecular flexibility index (Phi) is 3.25. The topological polar surface area (TPSA) is 45.4 Å². The molecule has 0 amide bonds. The summed E-state index contributed by atoms with van der Waals surface area (Å²) in [5, 5.41) is 3.85. The van der Waals surface area contributed by atoms with E-state index in [1.165, 1.54) is 0 Å². The number of aryl methyl sites for hydroxylation is 1. The molecule has 1 aliphatic rings. The fourth-order valence-corrected chi connectivity index (χ4v) is 2.35. The Labute approximate surface area is 96.4 Å². The maximum Gasteiger partial charge on any atom is 0.243 e. The van der Waals surface area contributed by atoms with Crippen LogP contribution in [0.15, 0.2) is 4.52 Å². The van der Waals surface area contributed by atoms with E-state index in [1.54, 1.807) is 0 Å². The van der Waals surface area contributed by atoms with Crippen LogP contribution in [0.5, 0.6) is 0 Å². The average molecular weight is 224 g/mol. The molecule has 1 aliphatic heterocycles. The summed E-state index contributed by atoms with van der Waals surface area (Å²) in [7, 11) is 2.16. The Morgan fingerprint density at radius 1 is 1.44 bits per heavy atom. The van der Waals surface area contributed by atoms with E-state index >= 15 is 0 Å². The first-order valence-electron chi connectivity index (χ1n) is 5.82. The molecule has 0 aliphatic carbocycles. The van der Waals surface area contributed by atoms with Crippen molar-refractivity contribution < 1.29 is 4.52 Å². The van der Waals surface area contributed by atoms with Crippen LogP contribution >= 0.6 is 0 Å². The van der Waals surface area contributed by atoms with Gasteiger partial charge in [-0.2, -0.15) is 4.98 Å². The first-order chi connectivity index (χ1) is 7.58. The van der Waals surface area contributed by atoms with Gasteiger partial charge < -0.3 is 9.42 Å². The third kappa shape index (κ3) is 2.25. The van der Waals surface area contributed by atoms with Crippen molar-refractivity contribution in [3.05, 3.63) is 11.7 Å². The lowest BCUT2D eigenvalue weighted by Gasteiger charge is -2.40. The number of hydrogen-bond acceptors (Lipinski definition) is 5. The van der Waals surface area contributed by atoms with Crippen molar-refractivity contribution in [3.8, 4) is 0 Å². The fourth-order valence-electron chi connectivity index (χ4n) is 2.35. The summed E-state index contributed by atoms with van der Waals surface area (Å²) in [6, 6.07) is 0.742. The van der Waals surface area contributed by atoms with Gasteiger partial charge in [0.25, 0.3) is 0 Å². The van der Waals surface area contributed by atoms with Crippen LogP contribution in [0.2, 0.25) is 0 Å². The van der Waals surface area contributed by atoms with E-state index in [9.17, 15) is 0 Å². The number of nitrogens with zero attached hydrogens (tertiary/aromatic N) is 4. The quantitative estimate of drug-likeness (QED) is 0.752. The zero-order chi connectivity index (χ0) is 11.7. The average Bonchev–Trinajstić information content (AvgIpc) is 2.64. The molecule has 90 valence electrons. The minimum atomic E-state index is 0.213. The van der Waals surface area contributed by atoms with E-state index in [2.05, 4.69) is 40.8 Å². The Bertz CT molecular complexity index is 352. The van der Waals surface area contributed by atoms with Gasteiger partial charge in [-0.05, 0) is 27.8 Å². The van der Waals surface area contributed by atoms with Crippen molar-refractivity contribution in [3.63, 3.8) is 0 Å². The van der Waals surface area contributed by atoms with Crippen molar-refractivity contribution in [2.45, 2.75) is 32.9 Å². The number of aromatic nitrogens is 2. The zero-order valence-corrected chi connectivity index (χ0v) is 10.5. The highest BCUT2D eigenvalue weighted by molar-refractivity contribution is 4.93. The maximum absolute atomic E-state index is 5.24. The van der Waals surface area contributed by atoms with E-state index in [0.29, 0.717) is 11.9 Å². The fraction of sp³-hybridized carbons (Fsp3) is 0.818. The number of hydrogen-bond donors (Lipinski definition) is 0. The van der Waals surface area contributed by atoms with Crippen LogP contribution in [0.3, 0.4) is 0 Å². The van der Waals surface area contributed by atoms with E-state index in [-0.39, 0.29) is 6.04 Å². The first kappa shape index (κ1) is 11.5. The van der Waals surface area contributed by atoms with Gasteiger partial charge in [0, 0.05) is 25.7 Å². The molecule has 2 unspecified atom stereocenters. The second-order valence-electron chi connectivity index (χ2n) is 4.70. The third-order valence-corrected chi connectivity index (χ3v) is 3.28. The summed E-state index contributed by atoms with van der Waals surface area (Å²) >= 11 is 0. The lowest BCUT2D eigenvalue weighted by molar-refractivity contribution is 0.0545. The molecule has 2 rings (SSSR count). The standard InChI is InChI=1S/C11H20N4O/c1-8-7-14(4)5-6-15(8)9(2)11-12-10(3)13-16-11/h8-9H,5-7H2,1-4H3. The van der Waals surface area contributed by atoms with Crippen molar-refractivity contribution in [2.24, 2.45) is 0 Å². The van der Waals surface area contributed by atoms with Gasteiger partial charge in [0.05, 0.1) is 6.04 Å². The summed E-state index contributed by atoms with van der Waals surface area (Å²) in [4.78, 5) is 9.08. The van der Waals surface area contributed by atoms with Gasteiger partial charge in [0.2, 0.25) is 5.89 Å². The molecular weight excluding hydrogens is 204 g/mol. The van der Waals surface area contributed by atoms with Crippen LogP contribution < -0.4 is 0 Å². The Hall–Kier alpha value is -0.940. The molecule has 1 aromatic heterocycles. The summed E-state index contributed by atoms with van der Waals surface area (Å²) in [6.45, 7) is 9.48. The van der Waals surface area contributed by atoms with E-state index in [0.717, 1.165) is 25.5 Å². The molecular formula is C11H20N4O. The molecule has 2 heterocycles. The molecule has 16 heavy (non-hydrogen) atoms. The molecule has 1 fully saturated rings. The van der Waals surface area contributed by atoms with Gasteiger partial charge in [0.1, 0.15) is 0 Å². The van der Waals surface area contributed by atoms with Gasteiger partial charge in [-0.25, -0.2) is 0 Å². The number of likely N-dealkylation sites (N-methyl/N-ethyl adjacent to an activating group) is 1. The summed E-state index contributed by atoms with van der Waals surface area (Å²) in [5.74, 6) is 1.44. The van der Waals surface area contributed by atoms with E-state index in [4.69, 9.17) is 4.52 Å². The number of piperazine rings is 1. The van der Waals surface area contributed by atoms with Crippen LogP contribution in [0.1, 0.15) is 31.6 Å². The molecule has 0 spiro atoms. The largest absolute Gasteiger partial charge is 0.338 e. The van der Waals surface area contributed by atoms with Crippen molar-refractivity contribution >= 4 is 0 Å². The van der Waals surface area contributed by atoms with E-state index in [1.807, 2.05) is 6.92 Å². The molecule has 5 nitrogen and oxygen atoms in total. The second kappa shape index (κ2) is 4.51. The van der Waals surface area contributed by atoms with Crippen LogP contribution in [0, 0.1) is 6.92 Å². The maximum atomic E-state index is 5.24. The first-order valence-corrected chi connectivity index (χ1v) is 5.82. The Morgan fingerprint density at radius 3 is 2.75 bits per heavy atom. The van der Waals surface area contributed by atoms with Crippen molar-refractivity contribution in [2.75, 3.05) is 26.7 Å². The van der Waals surface area contributed by atoms with Crippen molar-refractivity contribution in [1.82, 2.24) is 19.9 Å². The number of rotatable bonds is 2. The van der Waals surface area contributed by atoms with Crippen LogP contribution in [-0.2, 0) is 0 Å². The highest BCUT2D eigenvalue weighted by Crippen LogP contribution is 2.23. The minimum absolute atomic E-state index is 0.213. The molecule has 0 N–H and O–H groups in total. The predicted octanol–water partition coefficient (Wildman–Crippen LogP) is 1.07. The van der Waals surface area contributed by atoms with Gasteiger partial charge in [0.15, 0.2) is 5.82 Å². The zero-order valence-electron chi connectivity index (χ0n) is 10.5. The predicted molar refractivity (Wildman–Crippen MR) is 61.1 cm³/mol.